The van der Waals surface area contributed by atoms with Crippen molar-refractivity contribution in [2.24, 2.45) is 0 Å². The largest absolute Gasteiger partial charge is 0.0985 e. The van der Waals surface area contributed by atoms with Gasteiger partial charge in [-0.25, -0.2) is 0 Å². The predicted octanol–water partition coefficient (Wildman–Crippen LogP) is 6.62. The normalized spacial score (nSPS) is 10.6. The number of unbranched alkanes of at least 4 members (excludes halogenated alkanes) is 2. The minimum atomic E-state index is 0.896. The van der Waals surface area contributed by atoms with E-state index in [0.717, 1.165) is 11.8 Å². The third-order valence-electron chi connectivity index (χ3n) is 3.85. The number of rotatable bonds is 7. The summed E-state index contributed by atoms with van der Waals surface area (Å²) in [6.07, 6.45) is 6.90. The topological polar surface area (TPSA) is 0 Å². The van der Waals surface area contributed by atoms with Gasteiger partial charge in [-0.3, -0.25) is 0 Å². The number of hydrogen-bond donors (Lipinski definition) is 0. The summed E-state index contributed by atoms with van der Waals surface area (Å²) in [7, 11) is 0. The highest BCUT2D eigenvalue weighted by molar-refractivity contribution is 9.08. The quantitative estimate of drug-likeness (QED) is 0.391. The van der Waals surface area contributed by atoms with E-state index in [4.69, 9.17) is 0 Å². The first-order valence-electron chi connectivity index (χ1n) is 7.69. The highest BCUT2D eigenvalue weighted by Gasteiger charge is 2.09. The second kappa shape index (κ2) is 8.19. The number of hydrogen-bond acceptors (Lipinski definition) is 0. The summed E-state index contributed by atoms with van der Waals surface area (Å²) in [6, 6.07) is 15.3. The van der Waals surface area contributed by atoms with Crippen LogP contribution in [0.4, 0.5) is 0 Å². The number of alkyl halides is 1. The average molecular weight is 343 g/mol. The van der Waals surface area contributed by atoms with Crippen molar-refractivity contribution < 1.29 is 0 Å². The van der Waals surface area contributed by atoms with Gasteiger partial charge in [0, 0.05) is 5.33 Å². The van der Waals surface area contributed by atoms with Crippen molar-refractivity contribution in [3.63, 3.8) is 0 Å². The van der Waals surface area contributed by atoms with Gasteiger partial charge in [0.1, 0.15) is 0 Å². The van der Waals surface area contributed by atoms with Crippen LogP contribution >= 0.6 is 15.9 Å². The molecule has 2 rings (SSSR count). The zero-order valence-corrected chi connectivity index (χ0v) is 14.3. The molecule has 0 nitrogen and oxygen atoms in total. The lowest BCUT2D eigenvalue weighted by molar-refractivity contribution is 0.717. The van der Waals surface area contributed by atoms with Gasteiger partial charge in [-0.15, -0.1) is 0 Å². The predicted molar refractivity (Wildman–Crippen MR) is 97.8 cm³/mol. The second-order valence-electron chi connectivity index (χ2n) is 5.37. The van der Waals surface area contributed by atoms with E-state index in [9.17, 15) is 0 Å². The molecule has 0 N–H and O–H groups in total. The lowest BCUT2D eigenvalue weighted by Gasteiger charge is -2.14. The zero-order chi connectivity index (χ0) is 15.1. The molecule has 0 spiro atoms. The Balaban J connectivity index is 2.43. The van der Waals surface area contributed by atoms with Gasteiger partial charge in [-0.05, 0) is 40.7 Å². The molecule has 0 aliphatic rings. The SMILES string of the molecule is C=Cc1cccc(-c2cccc(CBr)c2)c1CCCCC. The van der Waals surface area contributed by atoms with Crippen LogP contribution in [0.25, 0.3) is 17.2 Å². The molecule has 0 heterocycles. The van der Waals surface area contributed by atoms with E-state index in [0.29, 0.717) is 0 Å². The van der Waals surface area contributed by atoms with Crippen LogP contribution in [0, 0.1) is 0 Å². The molecule has 0 fully saturated rings. The van der Waals surface area contributed by atoms with Gasteiger partial charge >= 0.3 is 0 Å². The van der Waals surface area contributed by atoms with Crippen molar-refractivity contribution in [2.75, 3.05) is 0 Å². The summed E-state index contributed by atoms with van der Waals surface area (Å²) in [5, 5.41) is 0.896. The summed E-state index contributed by atoms with van der Waals surface area (Å²) in [4.78, 5) is 0. The first kappa shape index (κ1) is 16.0. The summed E-state index contributed by atoms with van der Waals surface area (Å²) in [6.45, 7) is 6.23. The van der Waals surface area contributed by atoms with Crippen molar-refractivity contribution in [3.05, 3.63) is 65.7 Å². The Kier molecular flexibility index (Phi) is 6.25. The lowest BCUT2D eigenvalue weighted by Crippen LogP contribution is -1.95. The Bertz CT molecular complexity index is 599. The van der Waals surface area contributed by atoms with Crippen LogP contribution in [-0.2, 0) is 11.8 Å². The summed E-state index contributed by atoms with van der Waals surface area (Å²) in [5.41, 5.74) is 6.69. The van der Waals surface area contributed by atoms with Crippen LogP contribution in [0.1, 0.15) is 42.9 Å². The molecule has 0 amide bonds. The van der Waals surface area contributed by atoms with E-state index in [2.05, 4.69) is 71.9 Å². The van der Waals surface area contributed by atoms with Crippen LogP contribution < -0.4 is 0 Å². The van der Waals surface area contributed by atoms with Gasteiger partial charge in [-0.2, -0.15) is 0 Å². The Labute approximate surface area is 137 Å². The van der Waals surface area contributed by atoms with Gasteiger partial charge in [-0.1, -0.05) is 90.8 Å². The first-order valence-corrected chi connectivity index (χ1v) is 8.82. The van der Waals surface area contributed by atoms with E-state index < -0.39 is 0 Å². The Morgan fingerprint density at radius 3 is 2.62 bits per heavy atom. The van der Waals surface area contributed by atoms with Crippen LogP contribution in [0.15, 0.2) is 49.0 Å². The molecule has 0 aliphatic heterocycles. The fourth-order valence-corrected chi connectivity index (χ4v) is 3.07. The highest BCUT2D eigenvalue weighted by Crippen LogP contribution is 2.29. The van der Waals surface area contributed by atoms with Crippen molar-refractivity contribution in [1.29, 1.82) is 0 Å². The van der Waals surface area contributed by atoms with Crippen LogP contribution in [0.5, 0.6) is 0 Å². The monoisotopic (exact) mass is 342 g/mol. The second-order valence-corrected chi connectivity index (χ2v) is 5.93. The molecular formula is C20H23Br. The Morgan fingerprint density at radius 1 is 1.10 bits per heavy atom. The van der Waals surface area contributed by atoms with Gasteiger partial charge in [0.2, 0.25) is 0 Å². The van der Waals surface area contributed by atoms with E-state index in [1.807, 2.05) is 6.08 Å². The third-order valence-corrected chi connectivity index (χ3v) is 4.50. The summed E-state index contributed by atoms with van der Waals surface area (Å²) >= 11 is 3.55. The first-order chi connectivity index (χ1) is 10.3. The standard InChI is InChI=1S/C20H23Br/c1-3-5-6-12-19-17(4-2)10-8-13-20(19)18-11-7-9-16(14-18)15-21/h4,7-11,13-14H,2-3,5-6,12,15H2,1H3. The summed E-state index contributed by atoms with van der Waals surface area (Å²) in [5.74, 6) is 0. The molecule has 110 valence electrons. The van der Waals surface area contributed by atoms with Crippen LogP contribution in [0.3, 0.4) is 0 Å². The van der Waals surface area contributed by atoms with Gasteiger partial charge < -0.3 is 0 Å². The molecule has 0 radical (unpaired) electrons. The van der Waals surface area contributed by atoms with Gasteiger partial charge in [0.05, 0.1) is 0 Å². The fraction of sp³-hybridized carbons (Fsp3) is 0.300. The molecule has 2 aromatic rings. The average Bonchev–Trinajstić information content (AvgIpc) is 2.55. The van der Waals surface area contributed by atoms with Crippen molar-refractivity contribution in [2.45, 2.75) is 37.9 Å². The van der Waals surface area contributed by atoms with Gasteiger partial charge in [0.15, 0.2) is 0 Å². The lowest BCUT2D eigenvalue weighted by atomic mass is 9.91. The van der Waals surface area contributed by atoms with E-state index in [1.165, 1.54) is 47.1 Å². The van der Waals surface area contributed by atoms with E-state index >= 15 is 0 Å². The Hall–Kier alpha value is -1.34. The van der Waals surface area contributed by atoms with E-state index in [-0.39, 0.29) is 0 Å². The minimum Gasteiger partial charge on any atom is -0.0985 e. The highest BCUT2D eigenvalue weighted by atomic mass is 79.9. The van der Waals surface area contributed by atoms with Crippen molar-refractivity contribution in [1.82, 2.24) is 0 Å². The molecule has 21 heavy (non-hydrogen) atoms. The molecule has 2 aromatic carbocycles. The molecule has 0 saturated heterocycles. The molecule has 0 bridgehead atoms. The minimum absolute atomic E-state index is 0.896. The van der Waals surface area contributed by atoms with Crippen molar-refractivity contribution >= 4 is 22.0 Å². The maximum absolute atomic E-state index is 3.98. The molecule has 0 unspecified atom stereocenters. The molecule has 0 saturated carbocycles. The maximum atomic E-state index is 3.98. The summed E-state index contributed by atoms with van der Waals surface area (Å²) < 4.78 is 0. The van der Waals surface area contributed by atoms with Crippen molar-refractivity contribution in [3.8, 4) is 11.1 Å². The maximum Gasteiger partial charge on any atom is 0.0283 e. The molecule has 1 heteroatoms. The smallest absolute Gasteiger partial charge is 0.0283 e. The number of benzene rings is 2. The van der Waals surface area contributed by atoms with Crippen LogP contribution in [-0.4, -0.2) is 0 Å². The zero-order valence-electron chi connectivity index (χ0n) is 12.7. The third kappa shape index (κ3) is 4.07. The molecule has 0 atom stereocenters. The molecule has 0 aliphatic carbocycles. The molecule has 0 aromatic heterocycles. The van der Waals surface area contributed by atoms with E-state index in [1.54, 1.807) is 0 Å². The molecular weight excluding hydrogens is 320 g/mol. The Morgan fingerprint density at radius 2 is 1.90 bits per heavy atom. The van der Waals surface area contributed by atoms with Crippen LogP contribution in [0.2, 0.25) is 0 Å². The number of halogens is 1. The fourth-order valence-electron chi connectivity index (χ4n) is 2.72. The van der Waals surface area contributed by atoms with Gasteiger partial charge in [0.25, 0.3) is 0 Å².